The predicted molar refractivity (Wildman–Crippen MR) is 75.4 cm³/mol. The van der Waals surface area contributed by atoms with Gasteiger partial charge in [0.15, 0.2) is 0 Å². The molecule has 5 nitrogen and oxygen atoms in total. The Morgan fingerprint density at radius 1 is 1.47 bits per heavy atom. The maximum Gasteiger partial charge on any atom is 0.237 e. The van der Waals surface area contributed by atoms with Crippen molar-refractivity contribution in [3.8, 4) is 0 Å². The van der Waals surface area contributed by atoms with Crippen LogP contribution in [0.2, 0.25) is 0 Å². The van der Waals surface area contributed by atoms with Crippen molar-refractivity contribution in [1.29, 1.82) is 0 Å². The van der Waals surface area contributed by atoms with Crippen LogP contribution in [0.5, 0.6) is 0 Å². The monoisotopic (exact) mass is 260 g/mol. The highest BCUT2D eigenvalue weighted by molar-refractivity contribution is 5.81. The van der Waals surface area contributed by atoms with Gasteiger partial charge in [-0.05, 0) is 18.1 Å². The van der Waals surface area contributed by atoms with Crippen LogP contribution < -0.4 is 11.1 Å². The highest BCUT2D eigenvalue weighted by Crippen LogP contribution is 2.10. The first-order valence-electron chi connectivity index (χ1n) is 6.58. The number of aromatic nitrogens is 2. The topological polar surface area (TPSA) is 83.8 Å². The lowest BCUT2D eigenvalue weighted by Gasteiger charge is -2.17. The third-order valence-corrected chi connectivity index (χ3v) is 3.43. The van der Waals surface area contributed by atoms with Gasteiger partial charge in [-0.3, -0.25) is 4.79 Å². The van der Waals surface area contributed by atoms with Crippen molar-refractivity contribution in [2.45, 2.75) is 32.9 Å². The molecule has 2 aromatic rings. The quantitative estimate of drug-likeness (QED) is 0.762. The molecule has 0 aliphatic heterocycles. The summed E-state index contributed by atoms with van der Waals surface area (Å²) < 4.78 is 0. The molecular weight excluding hydrogens is 240 g/mol. The molecule has 0 radical (unpaired) electrons. The molecule has 1 aromatic carbocycles. The molecular formula is C14H20N4O. The molecule has 0 saturated heterocycles. The van der Waals surface area contributed by atoms with E-state index in [1.807, 2.05) is 38.1 Å². The minimum Gasteiger partial charge on any atom is -0.348 e. The van der Waals surface area contributed by atoms with Crippen LogP contribution in [0.3, 0.4) is 0 Å². The molecule has 0 fully saturated rings. The van der Waals surface area contributed by atoms with Gasteiger partial charge in [0.1, 0.15) is 5.82 Å². The number of fused-ring (bicyclic) bond motifs is 1. The molecule has 1 heterocycles. The number of carbonyl (C=O) groups is 1. The first-order valence-corrected chi connectivity index (χ1v) is 6.58. The maximum atomic E-state index is 11.9. The number of nitrogens with one attached hydrogen (secondary N) is 2. The fraction of sp³-hybridized carbons (Fsp3) is 0.429. The van der Waals surface area contributed by atoms with Crippen molar-refractivity contribution in [1.82, 2.24) is 15.3 Å². The van der Waals surface area contributed by atoms with Crippen molar-refractivity contribution < 1.29 is 4.79 Å². The van der Waals surface area contributed by atoms with E-state index >= 15 is 0 Å². The minimum absolute atomic E-state index is 0.130. The standard InChI is InChI=1S/C14H20N4O/c1-3-9(2)13(15)14(19)16-8-12-17-10-6-4-5-7-11(10)18-12/h4-7,9,13H,3,8,15H2,1-2H3,(H,16,19)(H,17,18)/t9-,13-/m0/s1. The average molecular weight is 260 g/mol. The number of para-hydroxylation sites is 2. The summed E-state index contributed by atoms with van der Waals surface area (Å²) in [4.78, 5) is 19.4. The normalized spacial score (nSPS) is 14.3. The SMILES string of the molecule is CC[C@H](C)[C@H](N)C(=O)NCc1nc2ccccc2[nH]1. The lowest BCUT2D eigenvalue weighted by Crippen LogP contribution is -2.44. The van der Waals surface area contributed by atoms with Crippen LogP contribution in [-0.4, -0.2) is 21.9 Å². The molecule has 0 aliphatic rings. The highest BCUT2D eigenvalue weighted by Gasteiger charge is 2.19. The van der Waals surface area contributed by atoms with Gasteiger partial charge in [0.2, 0.25) is 5.91 Å². The second-order valence-electron chi connectivity index (χ2n) is 4.83. The van der Waals surface area contributed by atoms with Gasteiger partial charge in [-0.15, -0.1) is 0 Å². The summed E-state index contributed by atoms with van der Waals surface area (Å²) in [6.45, 7) is 4.38. The molecule has 102 valence electrons. The molecule has 2 rings (SSSR count). The zero-order valence-electron chi connectivity index (χ0n) is 11.3. The summed E-state index contributed by atoms with van der Waals surface area (Å²) in [6, 6.07) is 7.31. The van der Waals surface area contributed by atoms with Gasteiger partial charge < -0.3 is 16.0 Å². The number of H-pyrrole nitrogens is 1. The number of carbonyl (C=O) groups excluding carboxylic acids is 1. The number of aromatic amines is 1. The Labute approximate surface area is 112 Å². The molecule has 0 unspecified atom stereocenters. The predicted octanol–water partition coefficient (Wildman–Crippen LogP) is 1.55. The van der Waals surface area contributed by atoms with Crippen LogP contribution in [0.25, 0.3) is 11.0 Å². The Hall–Kier alpha value is -1.88. The Balaban J connectivity index is 1.96. The summed E-state index contributed by atoms with van der Waals surface area (Å²) in [5.41, 5.74) is 7.74. The summed E-state index contributed by atoms with van der Waals surface area (Å²) in [5, 5.41) is 2.82. The van der Waals surface area contributed by atoms with E-state index in [1.165, 1.54) is 0 Å². The van der Waals surface area contributed by atoms with Crippen LogP contribution in [0, 0.1) is 5.92 Å². The third kappa shape index (κ3) is 3.12. The largest absolute Gasteiger partial charge is 0.348 e. The molecule has 0 saturated carbocycles. The van der Waals surface area contributed by atoms with Gasteiger partial charge >= 0.3 is 0 Å². The lowest BCUT2D eigenvalue weighted by atomic mass is 9.99. The zero-order valence-corrected chi connectivity index (χ0v) is 11.3. The molecule has 4 N–H and O–H groups in total. The van der Waals surface area contributed by atoms with E-state index in [0.29, 0.717) is 6.54 Å². The van der Waals surface area contributed by atoms with Gasteiger partial charge in [-0.1, -0.05) is 32.4 Å². The molecule has 0 aliphatic carbocycles. The third-order valence-electron chi connectivity index (χ3n) is 3.43. The van der Waals surface area contributed by atoms with Crippen molar-refractivity contribution in [2.24, 2.45) is 11.7 Å². The number of hydrogen-bond donors (Lipinski definition) is 3. The van der Waals surface area contributed by atoms with Crippen LogP contribution in [-0.2, 0) is 11.3 Å². The Morgan fingerprint density at radius 2 is 2.21 bits per heavy atom. The number of amides is 1. The number of imidazole rings is 1. The van der Waals surface area contributed by atoms with E-state index in [0.717, 1.165) is 23.3 Å². The summed E-state index contributed by atoms with van der Waals surface area (Å²) in [6.07, 6.45) is 0.888. The van der Waals surface area contributed by atoms with E-state index in [1.54, 1.807) is 0 Å². The summed E-state index contributed by atoms with van der Waals surface area (Å²) >= 11 is 0. The fourth-order valence-corrected chi connectivity index (χ4v) is 1.89. The summed E-state index contributed by atoms with van der Waals surface area (Å²) in [5.74, 6) is 0.788. The van der Waals surface area contributed by atoms with Gasteiger partial charge in [-0.2, -0.15) is 0 Å². The van der Waals surface area contributed by atoms with Crippen LogP contribution in [0.15, 0.2) is 24.3 Å². The molecule has 5 heteroatoms. The highest BCUT2D eigenvalue weighted by atomic mass is 16.2. The Kier molecular flexibility index (Phi) is 4.16. The molecule has 1 amide bonds. The van der Waals surface area contributed by atoms with Crippen LogP contribution in [0.4, 0.5) is 0 Å². The van der Waals surface area contributed by atoms with Crippen molar-refractivity contribution in [2.75, 3.05) is 0 Å². The van der Waals surface area contributed by atoms with Gasteiger partial charge in [0.05, 0.1) is 23.6 Å². The minimum atomic E-state index is -0.464. The Morgan fingerprint density at radius 3 is 2.89 bits per heavy atom. The number of rotatable bonds is 5. The van der Waals surface area contributed by atoms with Gasteiger partial charge in [-0.25, -0.2) is 4.98 Å². The van der Waals surface area contributed by atoms with Crippen molar-refractivity contribution in [3.63, 3.8) is 0 Å². The second kappa shape index (κ2) is 5.84. The van der Waals surface area contributed by atoms with Crippen LogP contribution >= 0.6 is 0 Å². The van der Waals surface area contributed by atoms with E-state index in [2.05, 4.69) is 15.3 Å². The number of hydrogen-bond acceptors (Lipinski definition) is 3. The molecule has 2 atom stereocenters. The van der Waals surface area contributed by atoms with Crippen LogP contribution in [0.1, 0.15) is 26.1 Å². The van der Waals surface area contributed by atoms with E-state index in [4.69, 9.17) is 5.73 Å². The van der Waals surface area contributed by atoms with E-state index in [9.17, 15) is 4.79 Å². The molecule has 1 aromatic heterocycles. The molecule has 0 bridgehead atoms. The zero-order chi connectivity index (χ0) is 13.8. The number of benzene rings is 1. The van der Waals surface area contributed by atoms with Crippen molar-refractivity contribution in [3.05, 3.63) is 30.1 Å². The first kappa shape index (κ1) is 13.5. The maximum absolute atomic E-state index is 11.9. The van der Waals surface area contributed by atoms with Gasteiger partial charge in [0.25, 0.3) is 0 Å². The summed E-state index contributed by atoms with van der Waals surface area (Å²) in [7, 11) is 0. The van der Waals surface area contributed by atoms with E-state index in [-0.39, 0.29) is 11.8 Å². The fourth-order valence-electron chi connectivity index (χ4n) is 1.89. The lowest BCUT2D eigenvalue weighted by molar-refractivity contribution is -0.123. The smallest absolute Gasteiger partial charge is 0.237 e. The molecule has 19 heavy (non-hydrogen) atoms. The van der Waals surface area contributed by atoms with Crippen molar-refractivity contribution >= 4 is 16.9 Å². The number of nitrogens with zero attached hydrogens (tertiary/aromatic N) is 1. The first-order chi connectivity index (χ1) is 9.11. The van der Waals surface area contributed by atoms with Gasteiger partial charge in [0, 0.05) is 0 Å². The average Bonchev–Trinajstić information content (AvgIpc) is 2.85. The number of nitrogens with two attached hydrogens (primary N) is 1. The molecule has 0 spiro atoms. The van der Waals surface area contributed by atoms with E-state index < -0.39 is 6.04 Å². The Bertz CT molecular complexity index is 530. The second-order valence-corrected chi connectivity index (χ2v) is 4.83.